The van der Waals surface area contributed by atoms with E-state index in [1.807, 2.05) is 12.1 Å². The molecule has 2 nitrogen and oxygen atoms in total. The fourth-order valence-corrected chi connectivity index (χ4v) is 4.97. The number of ether oxygens (including phenoxy) is 2. The molecule has 2 aromatic rings. The zero-order valence-electron chi connectivity index (χ0n) is 13.4. The van der Waals surface area contributed by atoms with Crippen molar-refractivity contribution < 1.29 is 9.47 Å². The molecule has 132 valence electrons. The third-order valence-corrected chi connectivity index (χ3v) is 5.96. The minimum atomic E-state index is -1.01. The molecule has 1 saturated carbocycles. The second-order valence-corrected chi connectivity index (χ2v) is 8.31. The van der Waals surface area contributed by atoms with E-state index >= 15 is 0 Å². The first-order valence-electron chi connectivity index (χ1n) is 8.24. The summed E-state index contributed by atoms with van der Waals surface area (Å²) >= 11 is 25.1. The molecule has 0 radical (unpaired) electrons. The Labute approximate surface area is 170 Å². The van der Waals surface area contributed by atoms with Crippen LogP contribution in [-0.2, 0) is 0 Å². The smallest absolute Gasteiger partial charge is 0.297 e. The van der Waals surface area contributed by atoms with Crippen molar-refractivity contribution in [1.82, 2.24) is 0 Å². The first-order chi connectivity index (χ1) is 12.5. The first-order valence-corrected chi connectivity index (χ1v) is 9.76. The molecule has 0 atom stereocenters. The van der Waals surface area contributed by atoms with Crippen LogP contribution in [0.5, 0.6) is 11.5 Å². The van der Waals surface area contributed by atoms with E-state index in [0.29, 0.717) is 31.6 Å². The van der Waals surface area contributed by atoms with Crippen molar-refractivity contribution in [2.75, 3.05) is 0 Å². The average molecular weight is 426 g/mol. The molecule has 0 N–H and O–H groups in total. The van der Waals surface area contributed by atoms with Crippen molar-refractivity contribution in [3.05, 3.63) is 66.6 Å². The Balaban J connectivity index is 1.73. The van der Waals surface area contributed by atoms with Gasteiger partial charge in [-0.1, -0.05) is 46.4 Å². The van der Waals surface area contributed by atoms with E-state index in [-0.39, 0.29) is 0 Å². The van der Waals surface area contributed by atoms with Crippen LogP contribution in [0.2, 0.25) is 20.1 Å². The Hall–Kier alpha value is -1.32. The number of hydrogen-bond donors (Lipinski definition) is 0. The van der Waals surface area contributed by atoms with Gasteiger partial charge in [0.1, 0.15) is 0 Å². The van der Waals surface area contributed by atoms with Gasteiger partial charge in [-0.2, -0.15) is 0 Å². The zero-order valence-corrected chi connectivity index (χ0v) is 16.4. The summed E-state index contributed by atoms with van der Waals surface area (Å²) in [7, 11) is 0. The maximum atomic E-state index is 6.41. The van der Waals surface area contributed by atoms with Crippen LogP contribution in [0.15, 0.2) is 35.4 Å². The number of benzene rings is 2. The van der Waals surface area contributed by atoms with Crippen LogP contribution in [0.25, 0.3) is 12.2 Å². The Morgan fingerprint density at radius 1 is 0.692 bits per heavy atom. The molecular formula is C20H12Cl4O2. The lowest BCUT2D eigenvalue weighted by Crippen LogP contribution is -2.50. The van der Waals surface area contributed by atoms with Gasteiger partial charge < -0.3 is 9.47 Å². The van der Waals surface area contributed by atoms with E-state index in [2.05, 4.69) is 12.2 Å². The molecular weight excluding hydrogens is 414 g/mol. The Morgan fingerprint density at radius 3 is 1.62 bits per heavy atom. The van der Waals surface area contributed by atoms with Gasteiger partial charge in [0, 0.05) is 32.3 Å². The standard InChI is InChI=1S/C20H12Cl4O2/c21-14-6-10-4-12-2-1-3-13-5-11-7-15(22)9-17(24)19(11)26-20(12,13)25-18(10)16(23)8-14/h4-9H,1-3H2. The van der Waals surface area contributed by atoms with Gasteiger partial charge in [0.2, 0.25) is 0 Å². The van der Waals surface area contributed by atoms with Gasteiger partial charge >= 0.3 is 0 Å². The van der Waals surface area contributed by atoms with Crippen LogP contribution in [0.4, 0.5) is 0 Å². The molecule has 5 rings (SSSR count). The molecule has 0 saturated heterocycles. The summed E-state index contributed by atoms with van der Waals surface area (Å²) < 4.78 is 12.8. The maximum Gasteiger partial charge on any atom is 0.297 e. The molecule has 0 aromatic heterocycles. The van der Waals surface area contributed by atoms with Crippen LogP contribution < -0.4 is 9.47 Å². The SMILES string of the molecule is Clc1cc(Cl)c2c(c1)C=C1CCCC3=Cc4cc(Cl)cc(Cl)c4OC13O2. The summed E-state index contributed by atoms with van der Waals surface area (Å²) in [5.41, 5.74) is 3.80. The highest BCUT2D eigenvalue weighted by atomic mass is 35.5. The summed E-state index contributed by atoms with van der Waals surface area (Å²) in [5, 5.41) is 2.06. The van der Waals surface area contributed by atoms with E-state index in [9.17, 15) is 0 Å². The average Bonchev–Trinajstić information content (AvgIpc) is 2.58. The van der Waals surface area contributed by atoms with Gasteiger partial charge in [-0.15, -0.1) is 0 Å². The summed E-state index contributed by atoms with van der Waals surface area (Å²) in [5.74, 6) is 0.134. The van der Waals surface area contributed by atoms with E-state index in [1.54, 1.807) is 12.1 Å². The van der Waals surface area contributed by atoms with Crippen molar-refractivity contribution in [3.8, 4) is 11.5 Å². The number of halogens is 4. The van der Waals surface area contributed by atoms with Crippen molar-refractivity contribution in [3.63, 3.8) is 0 Å². The second-order valence-electron chi connectivity index (χ2n) is 6.63. The minimum absolute atomic E-state index is 0.457. The van der Waals surface area contributed by atoms with Gasteiger partial charge in [-0.05, 0) is 55.7 Å². The van der Waals surface area contributed by atoms with Gasteiger partial charge in [0.25, 0.3) is 5.79 Å². The van der Waals surface area contributed by atoms with Gasteiger partial charge in [0.15, 0.2) is 11.5 Å². The highest BCUT2D eigenvalue weighted by Gasteiger charge is 2.50. The molecule has 1 fully saturated rings. The van der Waals surface area contributed by atoms with E-state index in [1.165, 1.54) is 0 Å². The summed E-state index contributed by atoms with van der Waals surface area (Å²) in [6, 6.07) is 7.05. The topological polar surface area (TPSA) is 18.5 Å². The van der Waals surface area contributed by atoms with Crippen LogP contribution in [0.3, 0.4) is 0 Å². The molecule has 26 heavy (non-hydrogen) atoms. The lowest BCUT2D eigenvalue weighted by Gasteiger charge is -2.46. The number of fused-ring (bicyclic) bond motifs is 2. The van der Waals surface area contributed by atoms with Crippen LogP contribution in [0.1, 0.15) is 30.4 Å². The normalized spacial score (nSPS) is 18.9. The maximum absolute atomic E-state index is 6.41. The second kappa shape index (κ2) is 5.84. The third-order valence-electron chi connectivity index (χ3n) is 4.96. The summed E-state index contributed by atoms with van der Waals surface area (Å²) in [6.07, 6.45) is 6.87. The van der Waals surface area contributed by atoms with Gasteiger partial charge in [-0.3, -0.25) is 0 Å². The van der Waals surface area contributed by atoms with E-state index < -0.39 is 5.79 Å². The molecule has 0 amide bonds. The quantitative estimate of drug-likeness (QED) is 0.436. The summed E-state index contributed by atoms with van der Waals surface area (Å²) in [6.45, 7) is 0. The predicted molar refractivity (Wildman–Crippen MR) is 107 cm³/mol. The summed E-state index contributed by atoms with van der Waals surface area (Å²) in [4.78, 5) is 0. The largest absolute Gasteiger partial charge is 0.443 e. The monoisotopic (exact) mass is 424 g/mol. The van der Waals surface area contributed by atoms with Crippen molar-refractivity contribution in [2.45, 2.75) is 25.0 Å². The van der Waals surface area contributed by atoms with E-state index in [0.717, 1.165) is 41.5 Å². The number of hydrogen-bond acceptors (Lipinski definition) is 2. The molecule has 1 aliphatic carbocycles. The molecule has 0 unspecified atom stereocenters. The van der Waals surface area contributed by atoms with Crippen LogP contribution in [0, 0.1) is 0 Å². The molecule has 2 aromatic carbocycles. The fourth-order valence-electron chi connectivity index (χ4n) is 3.88. The first kappa shape index (κ1) is 16.8. The Kier molecular flexibility index (Phi) is 3.78. The van der Waals surface area contributed by atoms with Gasteiger partial charge in [-0.25, -0.2) is 0 Å². The molecule has 1 spiro atoms. The Bertz CT molecular complexity index is 941. The van der Waals surface area contributed by atoms with Crippen molar-refractivity contribution in [1.29, 1.82) is 0 Å². The van der Waals surface area contributed by atoms with Gasteiger partial charge in [0.05, 0.1) is 10.0 Å². The van der Waals surface area contributed by atoms with Crippen molar-refractivity contribution in [2.24, 2.45) is 0 Å². The highest BCUT2D eigenvalue weighted by molar-refractivity contribution is 6.36. The highest BCUT2D eigenvalue weighted by Crippen LogP contribution is 2.53. The van der Waals surface area contributed by atoms with Crippen LogP contribution >= 0.6 is 46.4 Å². The van der Waals surface area contributed by atoms with Crippen LogP contribution in [-0.4, -0.2) is 5.79 Å². The zero-order chi connectivity index (χ0) is 18.1. The van der Waals surface area contributed by atoms with Crippen molar-refractivity contribution >= 4 is 58.6 Å². The lowest BCUT2D eigenvalue weighted by molar-refractivity contribution is -0.0618. The predicted octanol–water partition coefficient (Wildman–Crippen LogP) is 7.43. The minimum Gasteiger partial charge on any atom is -0.443 e. The Morgan fingerprint density at radius 2 is 1.15 bits per heavy atom. The fraction of sp³-hybridized carbons (Fsp3) is 0.200. The molecule has 0 bridgehead atoms. The third kappa shape index (κ3) is 2.40. The van der Waals surface area contributed by atoms with E-state index in [4.69, 9.17) is 55.9 Å². The molecule has 2 aliphatic heterocycles. The molecule has 3 aliphatic rings. The molecule has 2 heterocycles. The lowest BCUT2D eigenvalue weighted by atomic mass is 9.79. The molecule has 6 heteroatoms. The number of rotatable bonds is 0.